The maximum atomic E-state index is 13.9. The van der Waals surface area contributed by atoms with E-state index in [1.54, 1.807) is 10.9 Å². The quantitative estimate of drug-likeness (QED) is 0.893. The number of anilines is 1. The summed E-state index contributed by atoms with van der Waals surface area (Å²) >= 11 is 5.68. The molecular weight excluding hydrogens is 313 g/mol. The molecule has 1 aliphatic carbocycles. The molecule has 0 amide bonds. The molecule has 0 saturated heterocycles. The lowest BCUT2D eigenvalue weighted by Crippen LogP contribution is -2.28. The van der Waals surface area contributed by atoms with Gasteiger partial charge in [-0.3, -0.25) is 4.79 Å². The van der Waals surface area contributed by atoms with Crippen LogP contribution in [0.3, 0.4) is 0 Å². The topological polar surface area (TPSA) is 92.9 Å². The van der Waals surface area contributed by atoms with Crippen LogP contribution in [0.1, 0.15) is 18.9 Å². The smallest absolute Gasteiger partial charge is 0.306 e. The van der Waals surface area contributed by atoms with Crippen LogP contribution in [0, 0.1) is 11.7 Å². The lowest BCUT2D eigenvalue weighted by atomic mass is 10.1. The van der Waals surface area contributed by atoms with Gasteiger partial charge < -0.3 is 10.4 Å². The van der Waals surface area contributed by atoms with E-state index in [2.05, 4.69) is 20.6 Å². The molecule has 3 rings (SSSR count). The first-order valence-electron chi connectivity index (χ1n) is 6.71. The highest BCUT2D eigenvalue weighted by atomic mass is 35.5. The number of rotatable bonds is 4. The molecule has 1 saturated carbocycles. The number of nitrogens with one attached hydrogen (secondary N) is 1. The third-order valence-corrected chi connectivity index (χ3v) is 4.00. The second-order valence-corrected chi connectivity index (χ2v) is 5.63. The summed E-state index contributed by atoms with van der Waals surface area (Å²) in [5.41, 5.74) is 0. The van der Waals surface area contributed by atoms with Gasteiger partial charge in [0.05, 0.1) is 29.2 Å². The van der Waals surface area contributed by atoms with Crippen molar-refractivity contribution in [1.29, 1.82) is 0 Å². The number of aromatic nitrogens is 4. The minimum atomic E-state index is -0.876. The average Bonchev–Trinajstić information content (AvgIpc) is 3.10. The number of halogens is 2. The van der Waals surface area contributed by atoms with Gasteiger partial charge in [-0.2, -0.15) is 0 Å². The zero-order chi connectivity index (χ0) is 15.7. The number of carboxylic acid groups (broad SMARTS) is 1. The van der Waals surface area contributed by atoms with Gasteiger partial charge in [0.25, 0.3) is 0 Å². The molecular formula is C13H13ClFN5O2. The van der Waals surface area contributed by atoms with E-state index in [1.807, 2.05) is 0 Å². The lowest BCUT2D eigenvalue weighted by Gasteiger charge is -2.21. The first kappa shape index (κ1) is 14.7. The summed E-state index contributed by atoms with van der Waals surface area (Å²) in [6.45, 7) is 0. The molecule has 3 atom stereocenters. The van der Waals surface area contributed by atoms with Crippen molar-refractivity contribution in [2.45, 2.75) is 24.9 Å². The van der Waals surface area contributed by atoms with Gasteiger partial charge in [0.2, 0.25) is 0 Å². The molecule has 0 bridgehead atoms. The maximum Gasteiger partial charge on any atom is 0.306 e. The Hall–Kier alpha value is -2.22. The highest BCUT2D eigenvalue weighted by molar-refractivity contribution is 6.30. The zero-order valence-corrected chi connectivity index (χ0v) is 12.1. The fourth-order valence-electron chi connectivity index (χ4n) is 2.76. The molecule has 9 heteroatoms. The number of hydrogen-bond acceptors (Lipinski definition) is 5. The Morgan fingerprint density at radius 3 is 2.95 bits per heavy atom. The number of nitrogens with zero attached hydrogens (tertiary/aromatic N) is 4. The van der Waals surface area contributed by atoms with E-state index >= 15 is 0 Å². The van der Waals surface area contributed by atoms with Gasteiger partial charge in [-0.1, -0.05) is 16.8 Å². The van der Waals surface area contributed by atoms with Crippen molar-refractivity contribution in [3.05, 3.63) is 35.5 Å². The summed E-state index contributed by atoms with van der Waals surface area (Å²) < 4.78 is 15.5. The second kappa shape index (κ2) is 5.88. The third kappa shape index (κ3) is 2.87. The molecule has 2 aromatic heterocycles. The van der Waals surface area contributed by atoms with Gasteiger partial charge >= 0.3 is 5.97 Å². The second-order valence-electron chi connectivity index (χ2n) is 5.19. The summed E-state index contributed by atoms with van der Waals surface area (Å²) in [6.07, 6.45) is 5.26. The van der Waals surface area contributed by atoms with Crippen LogP contribution in [0.15, 0.2) is 24.7 Å². The fraction of sp³-hybridized carbons (Fsp3) is 0.385. The molecule has 0 spiro atoms. The minimum absolute atomic E-state index is 0.0468. The maximum absolute atomic E-state index is 13.9. The summed E-state index contributed by atoms with van der Waals surface area (Å²) in [6, 6.07) is 0.608. The molecule has 1 aliphatic rings. The Morgan fingerprint density at radius 1 is 1.50 bits per heavy atom. The Kier molecular flexibility index (Phi) is 3.93. The molecule has 22 heavy (non-hydrogen) atoms. The van der Waals surface area contributed by atoms with Crippen molar-refractivity contribution in [3.63, 3.8) is 0 Å². The van der Waals surface area contributed by atoms with E-state index in [9.17, 15) is 14.3 Å². The van der Waals surface area contributed by atoms with Crippen LogP contribution in [0.4, 0.5) is 10.2 Å². The summed E-state index contributed by atoms with van der Waals surface area (Å²) in [5.74, 6) is -1.94. The van der Waals surface area contributed by atoms with E-state index in [0.717, 1.165) is 6.07 Å². The van der Waals surface area contributed by atoms with Gasteiger partial charge in [0.15, 0.2) is 11.6 Å². The standard InChI is InChI=1S/C13H13ClFN5O2/c14-8-5-9(15)12(16-6-8)18-10-3-7(13(21)22)4-11(10)20-2-1-17-19-20/h1-2,5-7,10-11H,3-4H2,(H,16,18)(H,21,22)/t7?,10-,11+/m1/s1. The Morgan fingerprint density at radius 2 is 2.32 bits per heavy atom. The van der Waals surface area contributed by atoms with Crippen LogP contribution in [0.25, 0.3) is 0 Å². The molecule has 7 nitrogen and oxygen atoms in total. The van der Waals surface area contributed by atoms with Crippen LogP contribution in [-0.4, -0.2) is 37.1 Å². The zero-order valence-electron chi connectivity index (χ0n) is 11.4. The van der Waals surface area contributed by atoms with Crippen LogP contribution in [-0.2, 0) is 4.79 Å². The van der Waals surface area contributed by atoms with Crippen molar-refractivity contribution >= 4 is 23.4 Å². The normalized spacial score (nSPS) is 24.4. The van der Waals surface area contributed by atoms with Crippen LogP contribution in [0.5, 0.6) is 0 Å². The van der Waals surface area contributed by atoms with Crippen molar-refractivity contribution < 1.29 is 14.3 Å². The molecule has 2 N–H and O–H groups in total. The number of carboxylic acids is 1. The van der Waals surface area contributed by atoms with Crippen molar-refractivity contribution in [2.75, 3.05) is 5.32 Å². The number of carbonyl (C=O) groups is 1. The van der Waals surface area contributed by atoms with Crippen molar-refractivity contribution in [3.8, 4) is 0 Å². The molecule has 116 valence electrons. The van der Waals surface area contributed by atoms with Crippen molar-refractivity contribution in [1.82, 2.24) is 20.0 Å². The van der Waals surface area contributed by atoms with E-state index in [0.29, 0.717) is 12.8 Å². The van der Waals surface area contributed by atoms with Gasteiger partial charge in [0.1, 0.15) is 0 Å². The van der Waals surface area contributed by atoms with Gasteiger partial charge in [-0.25, -0.2) is 14.1 Å². The number of pyridine rings is 1. The van der Waals surface area contributed by atoms with Gasteiger partial charge in [-0.15, -0.1) is 5.10 Å². The molecule has 1 unspecified atom stereocenters. The van der Waals surface area contributed by atoms with Gasteiger partial charge in [0, 0.05) is 12.4 Å². The molecule has 1 fully saturated rings. The van der Waals surface area contributed by atoms with Crippen LogP contribution in [0.2, 0.25) is 5.02 Å². The first-order chi connectivity index (χ1) is 10.5. The Bertz CT molecular complexity index is 681. The Balaban J connectivity index is 1.84. The van der Waals surface area contributed by atoms with Gasteiger partial charge in [-0.05, 0) is 18.9 Å². The predicted molar refractivity (Wildman–Crippen MR) is 76.0 cm³/mol. The number of hydrogen-bond donors (Lipinski definition) is 2. The monoisotopic (exact) mass is 325 g/mol. The number of aliphatic carboxylic acids is 1. The lowest BCUT2D eigenvalue weighted by molar-refractivity contribution is -0.141. The van der Waals surface area contributed by atoms with E-state index < -0.39 is 17.7 Å². The SMILES string of the molecule is O=C(O)C1C[C@@H](Nc2ncc(Cl)cc2F)[C@@H](n2ccnn2)C1. The summed E-state index contributed by atoms with van der Waals surface area (Å²) in [5, 5.41) is 20.0. The van der Waals surface area contributed by atoms with Crippen molar-refractivity contribution in [2.24, 2.45) is 5.92 Å². The predicted octanol–water partition coefficient (Wildman–Crippen LogP) is 1.98. The van der Waals surface area contributed by atoms with Crippen LogP contribution >= 0.6 is 11.6 Å². The molecule has 0 radical (unpaired) electrons. The molecule has 2 heterocycles. The van der Waals surface area contributed by atoms with E-state index in [-0.39, 0.29) is 22.9 Å². The third-order valence-electron chi connectivity index (χ3n) is 3.79. The summed E-state index contributed by atoms with van der Waals surface area (Å²) in [7, 11) is 0. The van der Waals surface area contributed by atoms with E-state index in [1.165, 1.54) is 12.4 Å². The molecule has 2 aromatic rings. The highest BCUT2D eigenvalue weighted by Crippen LogP contribution is 2.36. The highest BCUT2D eigenvalue weighted by Gasteiger charge is 2.40. The van der Waals surface area contributed by atoms with Crippen LogP contribution < -0.4 is 5.32 Å². The minimum Gasteiger partial charge on any atom is -0.481 e. The van der Waals surface area contributed by atoms with E-state index in [4.69, 9.17) is 11.6 Å². The largest absolute Gasteiger partial charge is 0.481 e. The molecule has 0 aromatic carbocycles. The summed E-state index contributed by atoms with van der Waals surface area (Å²) in [4.78, 5) is 15.2. The molecule has 0 aliphatic heterocycles. The Labute approximate surface area is 130 Å². The fourth-order valence-corrected chi connectivity index (χ4v) is 2.90. The average molecular weight is 326 g/mol. The first-order valence-corrected chi connectivity index (χ1v) is 7.08.